The lowest BCUT2D eigenvalue weighted by Crippen LogP contribution is -2.06. The Hall–Kier alpha value is -1.84. The van der Waals surface area contributed by atoms with Crippen LogP contribution in [0.2, 0.25) is 0 Å². The minimum Gasteiger partial charge on any atom is -0.437 e. The van der Waals surface area contributed by atoms with Gasteiger partial charge >= 0.3 is 6.16 Å². The lowest BCUT2D eigenvalue weighted by atomic mass is 10.1. The summed E-state index contributed by atoms with van der Waals surface area (Å²) in [6.07, 6.45) is 6.28. The van der Waals surface area contributed by atoms with Crippen molar-refractivity contribution < 1.29 is 19.1 Å². The molecule has 1 rings (SSSR count). The molecule has 0 heterocycles. The molecule has 0 aromatic heterocycles. The summed E-state index contributed by atoms with van der Waals surface area (Å²) in [6.45, 7) is 1.47. The molecular weight excluding hydrogens is 196 g/mol. The first-order valence-electron chi connectivity index (χ1n) is 4.46. The number of rotatable bonds is 2. The third kappa shape index (κ3) is 3.42. The Labute approximate surface area is 87.9 Å². The Kier molecular flexibility index (Phi) is 3.85. The van der Waals surface area contributed by atoms with Crippen molar-refractivity contribution in [3.8, 4) is 0 Å². The molecule has 1 aliphatic rings. The molecule has 0 aliphatic heterocycles. The van der Waals surface area contributed by atoms with E-state index in [0.717, 1.165) is 0 Å². The summed E-state index contributed by atoms with van der Waals surface area (Å²) in [6, 6.07) is 0. The topological polar surface area (TPSA) is 52.6 Å². The lowest BCUT2D eigenvalue weighted by Gasteiger charge is -2.06. The average molecular weight is 208 g/mol. The van der Waals surface area contributed by atoms with Gasteiger partial charge < -0.3 is 9.47 Å². The Bertz CT molecular complexity index is 361. The van der Waals surface area contributed by atoms with Crippen LogP contribution >= 0.6 is 0 Å². The van der Waals surface area contributed by atoms with Gasteiger partial charge in [-0.05, 0) is 13.0 Å². The molecule has 1 aliphatic carbocycles. The van der Waals surface area contributed by atoms with Gasteiger partial charge in [-0.15, -0.1) is 0 Å². The Morgan fingerprint density at radius 3 is 2.53 bits per heavy atom. The zero-order chi connectivity index (χ0) is 11.3. The van der Waals surface area contributed by atoms with Crippen LogP contribution in [-0.2, 0) is 14.3 Å². The summed E-state index contributed by atoms with van der Waals surface area (Å²) in [5.74, 6) is 0.359. The monoisotopic (exact) mass is 208 g/mol. The maximum atomic E-state index is 11.2. The normalized spacial score (nSPS) is 14.8. The van der Waals surface area contributed by atoms with Gasteiger partial charge in [-0.2, -0.15) is 0 Å². The van der Waals surface area contributed by atoms with E-state index in [-0.39, 0.29) is 5.78 Å². The molecule has 0 aromatic rings. The maximum Gasteiger partial charge on any atom is 0.513 e. The van der Waals surface area contributed by atoms with Crippen LogP contribution in [0.25, 0.3) is 0 Å². The SMILES string of the molecule is COC(=O)OC1=CC=CC=C(C(C)=O)C1. The van der Waals surface area contributed by atoms with Crippen LogP contribution in [0.1, 0.15) is 13.3 Å². The summed E-state index contributed by atoms with van der Waals surface area (Å²) < 4.78 is 9.22. The molecule has 0 saturated carbocycles. The van der Waals surface area contributed by atoms with Crippen molar-refractivity contribution in [3.63, 3.8) is 0 Å². The maximum absolute atomic E-state index is 11.2. The van der Waals surface area contributed by atoms with Crippen molar-refractivity contribution in [3.05, 3.63) is 35.6 Å². The minimum absolute atomic E-state index is 0.0408. The Morgan fingerprint density at radius 1 is 1.27 bits per heavy atom. The van der Waals surface area contributed by atoms with Gasteiger partial charge in [-0.3, -0.25) is 4.79 Å². The van der Waals surface area contributed by atoms with Crippen molar-refractivity contribution in [2.45, 2.75) is 13.3 Å². The van der Waals surface area contributed by atoms with E-state index in [1.807, 2.05) is 0 Å². The second-order valence-electron chi connectivity index (χ2n) is 3.00. The van der Waals surface area contributed by atoms with E-state index in [9.17, 15) is 9.59 Å². The van der Waals surface area contributed by atoms with Crippen LogP contribution < -0.4 is 0 Å². The summed E-state index contributed by atoms with van der Waals surface area (Å²) in [5, 5.41) is 0. The van der Waals surface area contributed by atoms with Gasteiger partial charge in [0.05, 0.1) is 7.11 Å². The van der Waals surface area contributed by atoms with Gasteiger partial charge in [0, 0.05) is 12.0 Å². The predicted octanol–water partition coefficient (Wildman–Crippen LogP) is 2.13. The number of ketones is 1. The fourth-order valence-electron chi connectivity index (χ4n) is 1.10. The first-order valence-corrected chi connectivity index (χ1v) is 4.46. The van der Waals surface area contributed by atoms with Crippen molar-refractivity contribution in [1.29, 1.82) is 0 Å². The second-order valence-corrected chi connectivity index (χ2v) is 3.00. The quantitative estimate of drug-likeness (QED) is 0.652. The molecule has 0 N–H and O–H groups in total. The number of allylic oxidation sites excluding steroid dienone is 5. The first kappa shape index (κ1) is 11.2. The molecule has 4 nitrogen and oxygen atoms in total. The Morgan fingerprint density at radius 2 is 1.93 bits per heavy atom. The van der Waals surface area contributed by atoms with Gasteiger partial charge in [-0.1, -0.05) is 18.2 Å². The van der Waals surface area contributed by atoms with Crippen LogP contribution in [0.5, 0.6) is 0 Å². The summed E-state index contributed by atoms with van der Waals surface area (Å²) >= 11 is 0. The highest BCUT2D eigenvalue weighted by atomic mass is 16.7. The molecule has 80 valence electrons. The number of ether oxygens (including phenoxy) is 2. The van der Waals surface area contributed by atoms with Gasteiger partial charge in [0.15, 0.2) is 5.78 Å². The van der Waals surface area contributed by atoms with Crippen LogP contribution in [-0.4, -0.2) is 19.0 Å². The zero-order valence-corrected chi connectivity index (χ0v) is 8.65. The molecule has 0 saturated heterocycles. The molecule has 15 heavy (non-hydrogen) atoms. The van der Waals surface area contributed by atoms with Crippen molar-refractivity contribution in [1.82, 2.24) is 0 Å². The van der Waals surface area contributed by atoms with Gasteiger partial charge in [0.2, 0.25) is 0 Å². The highest BCUT2D eigenvalue weighted by molar-refractivity contribution is 5.94. The van der Waals surface area contributed by atoms with Crippen LogP contribution in [0.3, 0.4) is 0 Å². The minimum atomic E-state index is -0.778. The van der Waals surface area contributed by atoms with Crippen molar-refractivity contribution >= 4 is 11.9 Å². The molecule has 0 aromatic carbocycles. The summed E-state index contributed by atoms with van der Waals surface area (Å²) in [5.41, 5.74) is 0.596. The molecule has 0 radical (unpaired) electrons. The molecule has 0 bridgehead atoms. The van der Waals surface area contributed by atoms with Crippen LogP contribution in [0.4, 0.5) is 4.79 Å². The van der Waals surface area contributed by atoms with E-state index in [4.69, 9.17) is 4.74 Å². The van der Waals surface area contributed by atoms with E-state index >= 15 is 0 Å². The van der Waals surface area contributed by atoms with E-state index in [1.165, 1.54) is 14.0 Å². The van der Waals surface area contributed by atoms with E-state index in [0.29, 0.717) is 17.8 Å². The molecule has 0 fully saturated rings. The third-order valence-corrected chi connectivity index (χ3v) is 1.89. The fourth-order valence-corrected chi connectivity index (χ4v) is 1.10. The highest BCUT2D eigenvalue weighted by Gasteiger charge is 2.12. The summed E-state index contributed by atoms with van der Waals surface area (Å²) in [4.78, 5) is 22.0. The van der Waals surface area contributed by atoms with Gasteiger partial charge in [0.25, 0.3) is 0 Å². The smallest absolute Gasteiger partial charge is 0.437 e. The van der Waals surface area contributed by atoms with Crippen LogP contribution in [0, 0.1) is 0 Å². The number of Topliss-reactive ketones (excluding diaryl/α,β-unsaturated/α-hetero) is 1. The molecule has 0 atom stereocenters. The number of carbonyl (C=O) groups excluding carboxylic acids is 2. The van der Waals surface area contributed by atoms with E-state index < -0.39 is 6.16 Å². The predicted molar refractivity (Wildman–Crippen MR) is 54.1 cm³/mol. The number of hydrogen-bond donors (Lipinski definition) is 0. The number of hydrogen-bond acceptors (Lipinski definition) is 4. The van der Waals surface area contributed by atoms with Crippen molar-refractivity contribution in [2.24, 2.45) is 0 Å². The largest absolute Gasteiger partial charge is 0.513 e. The Balaban J connectivity index is 2.73. The van der Waals surface area contributed by atoms with Crippen LogP contribution in [0.15, 0.2) is 35.6 Å². The van der Waals surface area contributed by atoms with Gasteiger partial charge in [-0.25, -0.2) is 4.79 Å². The fraction of sp³-hybridized carbons (Fsp3) is 0.273. The number of carbonyl (C=O) groups is 2. The molecule has 0 spiro atoms. The lowest BCUT2D eigenvalue weighted by molar-refractivity contribution is -0.113. The highest BCUT2D eigenvalue weighted by Crippen LogP contribution is 2.17. The van der Waals surface area contributed by atoms with E-state index in [2.05, 4.69) is 4.74 Å². The molecular formula is C11H12O4. The summed E-state index contributed by atoms with van der Waals surface area (Å²) in [7, 11) is 1.23. The van der Waals surface area contributed by atoms with E-state index in [1.54, 1.807) is 24.3 Å². The standard InChI is InChI=1S/C11H12O4/c1-8(12)9-5-3-4-6-10(7-9)15-11(13)14-2/h3-6H,7H2,1-2H3. The average Bonchev–Trinajstić information content (AvgIpc) is 2.43. The zero-order valence-electron chi connectivity index (χ0n) is 8.65. The molecule has 0 unspecified atom stereocenters. The second kappa shape index (κ2) is 5.14. The third-order valence-electron chi connectivity index (χ3n) is 1.89. The first-order chi connectivity index (χ1) is 7.13. The molecule has 0 amide bonds. The van der Waals surface area contributed by atoms with Crippen molar-refractivity contribution in [2.75, 3.05) is 7.11 Å². The molecule has 4 heteroatoms. The van der Waals surface area contributed by atoms with Gasteiger partial charge in [0.1, 0.15) is 5.76 Å². The number of methoxy groups -OCH3 is 1.